The molecule has 2 N–H and O–H groups in total. The molecular weight excluding hydrogens is 339 g/mol. The molecule has 0 heterocycles. The zero-order valence-corrected chi connectivity index (χ0v) is 14.7. The average Bonchev–Trinajstić information content (AvgIpc) is 2.64. The first kappa shape index (κ1) is 19.2. The number of hydrogen-bond donors (Lipinski definition) is 1. The van der Waals surface area contributed by atoms with Crippen molar-refractivity contribution in [2.75, 3.05) is 20.3 Å². The molecule has 0 atom stereocenters. The summed E-state index contributed by atoms with van der Waals surface area (Å²) in [6.45, 7) is 2.36. The van der Waals surface area contributed by atoms with Crippen LogP contribution in [0.15, 0.2) is 42.5 Å². The van der Waals surface area contributed by atoms with Crippen molar-refractivity contribution in [3.05, 3.63) is 59.4 Å². The van der Waals surface area contributed by atoms with Gasteiger partial charge >= 0.3 is 0 Å². The molecule has 0 aliphatic carbocycles. The van der Waals surface area contributed by atoms with Gasteiger partial charge in [0.25, 0.3) is 11.8 Å². The second-order valence-corrected chi connectivity index (χ2v) is 5.57. The number of hydrogen-bond acceptors (Lipinski definition) is 4. The third-order valence-corrected chi connectivity index (χ3v) is 3.74. The van der Waals surface area contributed by atoms with Gasteiger partial charge in [-0.1, -0.05) is 6.07 Å². The fraction of sp³-hybridized carbons (Fsp3) is 0.263. The topological polar surface area (TPSA) is 81.9 Å². The van der Waals surface area contributed by atoms with E-state index in [2.05, 4.69) is 0 Å². The smallest absolute Gasteiger partial charge is 0.255 e. The van der Waals surface area contributed by atoms with E-state index in [0.29, 0.717) is 23.4 Å². The van der Waals surface area contributed by atoms with E-state index >= 15 is 0 Å². The molecule has 138 valence electrons. The lowest BCUT2D eigenvalue weighted by Gasteiger charge is -2.21. The van der Waals surface area contributed by atoms with E-state index in [1.165, 1.54) is 19.2 Å². The zero-order valence-electron chi connectivity index (χ0n) is 14.7. The lowest BCUT2D eigenvalue weighted by Crippen LogP contribution is -2.30. The van der Waals surface area contributed by atoms with E-state index in [-0.39, 0.29) is 24.8 Å². The molecule has 0 unspecified atom stereocenters. The van der Waals surface area contributed by atoms with E-state index in [4.69, 9.17) is 15.2 Å². The van der Waals surface area contributed by atoms with Crippen LogP contribution in [0.5, 0.6) is 11.5 Å². The van der Waals surface area contributed by atoms with Crippen molar-refractivity contribution in [2.24, 2.45) is 5.73 Å². The molecule has 26 heavy (non-hydrogen) atoms. The van der Waals surface area contributed by atoms with Crippen LogP contribution >= 0.6 is 0 Å². The summed E-state index contributed by atoms with van der Waals surface area (Å²) in [7, 11) is 1.40. The summed E-state index contributed by atoms with van der Waals surface area (Å²) >= 11 is 0. The van der Waals surface area contributed by atoms with Crippen molar-refractivity contribution in [3.8, 4) is 11.5 Å². The maximum absolute atomic E-state index is 13.8. The van der Waals surface area contributed by atoms with E-state index in [1.807, 2.05) is 6.92 Å². The lowest BCUT2D eigenvalue weighted by atomic mass is 10.1. The van der Waals surface area contributed by atoms with Crippen molar-refractivity contribution in [1.82, 2.24) is 4.90 Å². The Kier molecular flexibility index (Phi) is 6.54. The largest absolute Gasteiger partial charge is 0.494 e. The average molecular weight is 360 g/mol. The molecule has 0 spiro atoms. The number of benzene rings is 2. The Balaban J connectivity index is 2.08. The van der Waals surface area contributed by atoms with Crippen LogP contribution < -0.4 is 15.2 Å². The van der Waals surface area contributed by atoms with Gasteiger partial charge in [0, 0.05) is 18.7 Å². The normalized spacial score (nSPS) is 10.3. The Labute approximate surface area is 151 Å². The number of nitrogens with zero attached hydrogens (tertiary/aromatic N) is 1. The number of amides is 2. The number of carbonyl (C=O) groups excluding carboxylic acids is 2. The van der Waals surface area contributed by atoms with Crippen molar-refractivity contribution in [1.29, 1.82) is 0 Å². The molecule has 0 fully saturated rings. The van der Waals surface area contributed by atoms with Gasteiger partial charge in [-0.25, -0.2) is 4.39 Å². The van der Waals surface area contributed by atoms with Gasteiger partial charge in [-0.2, -0.15) is 0 Å². The molecule has 0 aromatic heterocycles. The van der Waals surface area contributed by atoms with Gasteiger partial charge in [0.05, 0.1) is 7.11 Å². The van der Waals surface area contributed by atoms with Crippen LogP contribution in [-0.4, -0.2) is 37.0 Å². The van der Waals surface area contributed by atoms with Crippen LogP contribution in [0.1, 0.15) is 22.8 Å². The summed E-state index contributed by atoms with van der Waals surface area (Å²) in [4.78, 5) is 25.0. The molecule has 0 aliphatic rings. The Morgan fingerprint density at radius 2 is 1.85 bits per heavy atom. The minimum absolute atomic E-state index is 0.162. The van der Waals surface area contributed by atoms with Crippen molar-refractivity contribution in [3.63, 3.8) is 0 Å². The molecule has 2 aromatic carbocycles. The van der Waals surface area contributed by atoms with E-state index in [0.717, 1.165) is 0 Å². The first-order valence-corrected chi connectivity index (χ1v) is 8.07. The molecule has 0 radical (unpaired) electrons. The maximum Gasteiger partial charge on any atom is 0.255 e. The number of carbonyl (C=O) groups is 2. The molecule has 2 aromatic rings. The van der Waals surface area contributed by atoms with Crippen LogP contribution in [0.2, 0.25) is 0 Å². The number of ether oxygens (including phenoxy) is 2. The highest BCUT2D eigenvalue weighted by atomic mass is 19.1. The summed E-state index contributed by atoms with van der Waals surface area (Å²) in [6, 6.07) is 11.0. The van der Waals surface area contributed by atoms with Crippen LogP contribution in [0.3, 0.4) is 0 Å². The quantitative estimate of drug-likeness (QED) is 0.783. The van der Waals surface area contributed by atoms with Gasteiger partial charge in [-0.15, -0.1) is 0 Å². The molecule has 0 aliphatic heterocycles. The van der Waals surface area contributed by atoms with E-state index in [9.17, 15) is 14.0 Å². The van der Waals surface area contributed by atoms with Gasteiger partial charge in [0.2, 0.25) is 0 Å². The van der Waals surface area contributed by atoms with Crippen molar-refractivity contribution < 1.29 is 23.5 Å². The summed E-state index contributed by atoms with van der Waals surface area (Å²) < 4.78 is 23.9. The van der Waals surface area contributed by atoms with Crippen LogP contribution in [0, 0.1) is 5.82 Å². The minimum atomic E-state index is -0.575. The molecule has 0 saturated heterocycles. The molecule has 7 heteroatoms. The van der Waals surface area contributed by atoms with E-state index < -0.39 is 11.7 Å². The van der Waals surface area contributed by atoms with Gasteiger partial charge in [-0.05, 0) is 48.9 Å². The summed E-state index contributed by atoms with van der Waals surface area (Å²) in [5.74, 6) is -0.626. The zero-order chi connectivity index (χ0) is 19.1. The number of rotatable bonds is 8. The first-order valence-electron chi connectivity index (χ1n) is 8.07. The highest BCUT2D eigenvalue weighted by Gasteiger charge is 2.16. The first-order chi connectivity index (χ1) is 12.4. The Hall–Kier alpha value is -3.09. The highest BCUT2D eigenvalue weighted by Crippen LogP contribution is 2.20. The second-order valence-electron chi connectivity index (χ2n) is 5.57. The SMILES string of the molecule is CCN(Cc1ccc(OC)c(F)c1)C(=O)c1ccc(OCC(N)=O)cc1. The molecule has 2 rings (SSSR count). The molecular formula is C19H21FN2O4. The predicted molar refractivity (Wildman–Crippen MR) is 94.5 cm³/mol. The van der Waals surface area contributed by atoms with Crippen LogP contribution in [0.25, 0.3) is 0 Å². The van der Waals surface area contributed by atoms with Gasteiger partial charge < -0.3 is 20.1 Å². The summed E-state index contributed by atoms with van der Waals surface area (Å²) in [5.41, 5.74) is 6.15. The Morgan fingerprint density at radius 1 is 1.15 bits per heavy atom. The second kappa shape index (κ2) is 8.84. The predicted octanol–water partition coefficient (Wildman–Crippen LogP) is 2.36. The van der Waals surface area contributed by atoms with Gasteiger partial charge in [0.1, 0.15) is 5.75 Å². The van der Waals surface area contributed by atoms with Crippen molar-refractivity contribution in [2.45, 2.75) is 13.5 Å². The van der Waals surface area contributed by atoms with Gasteiger partial charge in [-0.3, -0.25) is 9.59 Å². The fourth-order valence-electron chi connectivity index (χ4n) is 2.39. The monoisotopic (exact) mass is 360 g/mol. The van der Waals surface area contributed by atoms with E-state index in [1.54, 1.807) is 35.2 Å². The molecule has 0 saturated carbocycles. The number of nitrogens with two attached hydrogens (primary N) is 1. The molecule has 2 amide bonds. The van der Waals surface area contributed by atoms with Gasteiger partial charge in [0.15, 0.2) is 18.2 Å². The van der Waals surface area contributed by atoms with Crippen molar-refractivity contribution >= 4 is 11.8 Å². The Bertz CT molecular complexity index is 778. The highest BCUT2D eigenvalue weighted by molar-refractivity contribution is 5.94. The molecule has 0 bridgehead atoms. The lowest BCUT2D eigenvalue weighted by molar-refractivity contribution is -0.119. The maximum atomic E-state index is 13.8. The third-order valence-electron chi connectivity index (χ3n) is 3.74. The summed E-state index contributed by atoms with van der Waals surface area (Å²) in [6.07, 6.45) is 0. The fourth-order valence-corrected chi connectivity index (χ4v) is 2.39. The number of primary amides is 1. The number of halogens is 1. The Morgan fingerprint density at radius 3 is 2.38 bits per heavy atom. The standard InChI is InChI=1S/C19H21FN2O4/c1-3-22(11-13-4-9-17(25-2)16(20)10-13)19(24)14-5-7-15(8-6-14)26-12-18(21)23/h4-10H,3,11-12H2,1-2H3,(H2,21,23). The molecule has 6 nitrogen and oxygen atoms in total. The number of methoxy groups -OCH3 is 1. The van der Waals surface area contributed by atoms with Crippen LogP contribution in [-0.2, 0) is 11.3 Å². The third kappa shape index (κ3) is 4.95. The minimum Gasteiger partial charge on any atom is -0.494 e. The summed E-state index contributed by atoms with van der Waals surface area (Å²) in [5, 5.41) is 0. The van der Waals surface area contributed by atoms with Crippen LogP contribution in [0.4, 0.5) is 4.39 Å².